The van der Waals surface area contributed by atoms with Crippen LogP contribution in [0.3, 0.4) is 0 Å². The monoisotopic (exact) mass is 252 g/mol. The Morgan fingerprint density at radius 1 is 1.40 bits per heavy atom. The van der Waals surface area contributed by atoms with Crippen LogP contribution in [0.15, 0.2) is 0 Å². The van der Waals surface area contributed by atoms with Crippen molar-refractivity contribution in [1.29, 1.82) is 0 Å². The van der Waals surface area contributed by atoms with Crippen LogP contribution in [0.2, 0.25) is 0 Å². The molecule has 0 amide bonds. The minimum atomic E-state index is -1.31. The molecule has 6 heteroatoms. The van der Waals surface area contributed by atoms with Crippen LogP contribution in [0.4, 0.5) is 0 Å². The molecule has 0 unspecified atom stereocenters. The summed E-state index contributed by atoms with van der Waals surface area (Å²) in [6.45, 7) is 3.25. The summed E-state index contributed by atoms with van der Waals surface area (Å²) in [6.07, 6.45) is 0.0116. The van der Waals surface area contributed by atoms with Gasteiger partial charge in [0, 0.05) is 21.1 Å². The Balaban J connectivity index is -0.000000149. The van der Waals surface area contributed by atoms with Crippen molar-refractivity contribution < 1.29 is 40.0 Å². The Hall–Kier alpha value is 0.668. The van der Waals surface area contributed by atoms with E-state index in [2.05, 4.69) is 15.8 Å². The molecule has 0 atom stereocenters. The molecule has 0 heterocycles. The first-order valence-corrected chi connectivity index (χ1v) is 3.65. The molecule has 0 aliphatic heterocycles. The Labute approximate surface area is 76.1 Å². The molecule has 0 aliphatic carbocycles. The third-order valence-electron chi connectivity index (χ3n) is 0.584. The van der Waals surface area contributed by atoms with Gasteiger partial charge in [-0.05, 0) is 0 Å². The molecule has 0 saturated heterocycles. The molecule has 10 heavy (non-hydrogen) atoms. The predicted molar refractivity (Wildman–Crippen MR) is 36.2 cm³/mol. The molecule has 0 saturated carbocycles. The van der Waals surface area contributed by atoms with Gasteiger partial charge < -0.3 is 9.90 Å². The van der Waals surface area contributed by atoms with Gasteiger partial charge in [-0.1, -0.05) is 0 Å². The third kappa shape index (κ3) is 11.5. The minimum absolute atomic E-state index is 0. The molecule has 0 bridgehead atoms. The number of aliphatic hydroxyl groups is 1. The fourth-order valence-electron chi connectivity index (χ4n) is 0.212. The largest absolute Gasteiger partial charge is 0.545 e. The summed E-state index contributed by atoms with van der Waals surface area (Å²) in [7, 11) is 1.74. The maximum absolute atomic E-state index is 8.32. The summed E-state index contributed by atoms with van der Waals surface area (Å²) in [5.74, 6) is 0. The number of aliphatic hydroxyl groups excluding tert-OH is 1. The zero-order valence-electron chi connectivity index (χ0n) is 5.86. The van der Waals surface area contributed by atoms with Crippen molar-refractivity contribution >= 4 is 15.2 Å². The van der Waals surface area contributed by atoms with E-state index >= 15 is 0 Å². The molecule has 0 aliphatic rings. The maximum Gasteiger partial charge on any atom is 0.287 e. The summed E-state index contributed by atoms with van der Waals surface area (Å²) in [5, 5.41) is 8.32. The number of hydrogen-bond donors (Lipinski definition) is 1. The van der Waals surface area contributed by atoms with Crippen LogP contribution in [-0.4, -0.2) is 32.5 Å². The van der Waals surface area contributed by atoms with Crippen molar-refractivity contribution in [1.82, 2.24) is 0 Å². The van der Waals surface area contributed by atoms with E-state index in [0.29, 0.717) is 0 Å². The van der Waals surface area contributed by atoms with E-state index < -0.39 is 8.38 Å². The number of hydrogen-bond acceptors (Lipinski definition) is 4. The smallest absolute Gasteiger partial charge is 0.287 e. The Kier molecular flexibility index (Phi) is 27.7. The molecule has 0 aromatic rings. The van der Waals surface area contributed by atoms with Gasteiger partial charge in [0.05, 0.1) is 14.2 Å². The zero-order valence-corrected chi connectivity index (χ0v) is 8.87. The Morgan fingerprint density at radius 2 is 1.70 bits per heavy atom. The van der Waals surface area contributed by atoms with Crippen molar-refractivity contribution in [2.45, 2.75) is 0 Å². The van der Waals surface area contributed by atoms with E-state index in [9.17, 15) is 0 Å². The van der Waals surface area contributed by atoms with E-state index in [-0.39, 0.29) is 27.4 Å². The molecular formula is C4H11MoO4P. The summed E-state index contributed by atoms with van der Waals surface area (Å²) in [4.78, 5) is 7.75. The molecular weight excluding hydrogens is 239 g/mol. The fraction of sp³-hybridized carbons (Fsp3) is 0.750. The van der Waals surface area contributed by atoms with Gasteiger partial charge in [0.15, 0.2) is 0 Å². The Bertz CT molecular complexity index is 47.0. The van der Waals surface area contributed by atoms with Crippen LogP contribution in [-0.2, 0) is 34.9 Å². The second-order valence-electron chi connectivity index (χ2n) is 0.938. The normalized spacial score (nSPS) is 7.60. The maximum atomic E-state index is 8.32. The van der Waals surface area contributed by atoms with E-state index in [1.807, 2.05) is 0 Å². The topological polar surface area (TPSA) is 55.8 Å². The summed E-state index contributed by atoms with van der Waals surface area (Å²) >= 11 is 0. The van der Waals surface area contributed by atoms with Gasteiger partial charge in [0.1, 0.15) is 0 Å². The fourth-order valence-corrected chi connectivity index (χ4v) is 0.637. The first kappa shape index (κ1) is 17.0. The van der Waals surface area contributed by atoms with Crippen LogP contribution in [0.1, 0.15) is 0 Å². The molecule has 0 spiro atoms. The average Bonchev–Trinajstić information content (AvgIpc) is 1.96. The van der Waals surface area contributed by atoms with E-state index in [4.69, 9.17) is 9.90 Å². The molecule has 0 fully saturated rings. The first-order chi connectivity index (χ1) is 4.35. The molecule has 4 nitrogen and oxygen atoms in total. The summed E-state index contributed by atoms with van der Waals surface area (Å²) in [5.41, 5.74) is 0. The van der Waals surface area contributed by atoms with Gasteiger partial charge in [-0.3, -0.25) is 6.79 Å². The van der Waals surface area contributed by atoms with Crippen LogP contribution in [0.25, 0.3) is 0 Å². The van der Waals surface area contributed by atoms with Gasteiger partial charge >= 0.3 is 0 Å². The second-order valence-corrected chi connectivity index (χ2v) is 2.82. The molecule has 0 aromatic carbocycles. The Morgan fingerprint density at radius 3 is 1.70 bits per heavy atom. The van der Waals surface area contributed by atoms with Gasteiger partial charge in [0.2, 0.25) is 6.35 Å². The number of carbonyl (C=O) groups excluding carboxylic acids is 1. The van der Waals surface area contributed by atoms with Crippen LogP contribution in [0, 0.1) is 0 Å². The van der Waals surface area contributed by atoms with Gasteiger partial charge in [0.25, 0.3) is 8.38 Å². The average molecular weight is 250 g/mol. The van der Waals surface area contributed by atoms with Gasteiger partial charge in [-0.25, -0.2) is 9.05 Å². The van der Waals surface area contributed by atoms with Crippen LogP contribution >= 0.6 is 8.38 Å². The van der Waals surface area contributed by atoms with Gasteiger partial charge in [-0.2, -0.15) is 0 Å². The van der Waals surface area contributed by atoms with Crippen molar-refractivity contribution in [3.63, 3.8) is 0 Å². The molecule has 62 valence electrons. The molecule has 1 N–H and O–H groups in total. The number of rotatable bonds is 3. The van der Waals surface area contributed by atoms with E-state index in [1.165, 1.54) is 14.2 Å². The molecule has 0 aromatic heterocycles. The first-order valence-electron chi connectivity index (χ1n) is 2.13. The zero-order chi connectivity index (χ0) is 7.70. The van der Waals surface area contributed by atoms with Crippen molar-refractivity contribution in [3.05, 3.63) is 0 Å². The van der Waals surface area contributed by atoms with Crippen molar-refractivity contribution in [3.8, 4) is 0 Å². The quantitative estimate of drug-likeness (QED) is 0.331. The SMILES string of the molecule is CO[PH+](CO)OC.[CH-]=O.[Mo]. The molecule has 0 rings (SSSR count). The third-order valence-corrected chi connectivity index (χ3v) is 1.75. The van der Waals surface area contributed by atoms with E-state index in [0.717, 1.165) is 0 Å². The second kappa shape index (κ2) is 16.3. The van der Waals surface area contributed by atoms with Gasteiger partial charge in [-0.15, -0.1) is 0 Å². The van der Waals surface area contributed by atoms with Crippen LogP contribution < -0.4 is 0 Å². The van der Waals surface area contributed by atoms with E-state index in [1.54, 1.807) is 0 Å². The standard InChI is InChI=1S/C3H9O3P.CHO.Mo/c1-5-7(3-4)6-2;1-2;/h4H,3H2,1-2H3;1H;/q;-1;/p+1. The summed E-state index contributed by atoms with van der Waals surface area (Å²) in [6, 6.07) is 0. The van der Waals surface area contributed by atoms with Crippen molar-refractivity contribution in [2.24, 2.45) is 0 Å². The predicted octanol–water partition coefficient (Wildman–Crippen LogP) is -0.00340. The molecule has 0 radical (unpaired) electrons. The van der Waals surface area contributed by atoms with Crippen molar-refractivity contribution in [2.75, 3.05) is 20.6 Å². The minimum Gasteiger partial charge on any atom is -0.545 e. The van der Waals surface area contributed by atoms with Crippen LogP contribution in [0.5, 0.6) is 0 Å². The summed E-state index contributed by atoms with van der Waals surface area (Å²) < 4.78 is 9.36.